The second-order valence-electron chi connectivity index (χ2n) is 3.52. The molecule has 17 heavy (non-hydrogen) atoms. The summed E-state index contributed by atoms with van der Waals surface area (Å²) in [7, 11) is 0. The van der Waals surface area contributed by atoms with Gasteiger partial charge in [0.15, 0.2) is 5.82 Å². The quantitative estimate of drug-likeness (QED) is 0.788. The molecule has 0 atom stereocenters. The summed E-state index contributed by atoms with van der Waals surface area (Å²) in [6.07, 6.45) is 4.24. The van der Waals surface area contributed by atoms with Crippen LogP contribution in [-0.4, -0.2) is 29.8 Å². The molecule has 0 saturated heterocycles. The predicted molar refractivity (Wildman–Crippen MR) is 61.8 cm³/mol. The molecule has 2 aromatic heterocycles. The average molecular weight is 253 g/mol. The first kappa shape index (κ1) is 11.5. The Kier molecular flexibility index (Phi) is 3.01. The lowest BCUT2D eigenvalue weighted by atomic mass is 10.4. The van der Waals surface area contributed by atoms with Gasteiger partial charge < -0.3 is 0 Å². The number of aromatic nitrogens is 6. The van der Waals surface area contributed by atoms with Crippen molar-refractivity contribution in [3.63, 3.8) is 0 Å². The molecule has 0 unspecified atom stereocenters. The standard InChI is InChI=1S/C9H9ClN6O/c1-6(2)4-15-9(17)16(14-13-15)8-7(10)3-11-5-12-8/h3-5H,1-2H3. The van der Waals surface area contributed by atoms with Crippen LogP contribution in [0.15, 0.2) is 22.9 Å². The minimum Gasteiger partial charge on any atom is -0.243 e. The molecule has 88 valence electrons. The van der Waals surface area contributed by atoms with Gasteiger partial charge in [0.05, 0.1) is 6.20 Å². The highest BCUT2D eigenvalue weighted by Crippen LogP contribution is 2.12. The van der Waals surface area contributed by atoms with E-state index in [1.165, 1.54) is 12.5 Å². The first-order chi connectivity index (χ1) is 8.09. The van der Waals surface area contributed by atoms with Gasteiger partial charge in [-0.2, -0.15) is 4.68 Å². The van der Waals surface area contributed by atoms with E-state index in [2.05, 4.69) is 20.4 Å². The minimum atomic E-state index is -0.438. The molecule has 0 radical (unpaired) electrons. The van der Waals surface area contributed by atoms with Crippen LogP contribution in [0.1, 0.15) is 13.8 Å². The summed E-state index contributed by atoms with van der Waals surface area (Å²) in [6.45, 7) is 3.70. The molecule has 0 N–H and O–H groups in total. The molecule has 0 aliphatic heterocycles. The molecule has 0 spiro atoms. The number of allylic oxidation sites excluding steroid dienone is 1. The summed E-state index contributed by atoms with van der Waals surface area (Å²) in [6, 6.07) is 0. The minimum absolute atomic E-state index is 0.208. The Morgan fingerprint density at radius 3 is 2.82 bits per heavy atom. The number of tetrazole rings is 1. The van der Waals surface area contributed by atoms with Crippen LogP contribution in [0.2, 0.25) is 5.02 Å². The number of hydrogen-bond acceptors (Lipinski definition) is 5. The van der Waals surface area contributed by atoms with Gasteiger partial charge in [-0.25, -0.2) is 14.8 Å². The molecule has 0 bridgehead atoms. The van der Waals surface area contributed by atoms with Gasteiger partial charge in [-0.05, 0) is 24.3 Å². The van der Waals surface area contributed by atoms with Gasteiger partial charge in [0.1, 0.15) is 11.3 Å². The van der Waals surface area contributed by atoms with Crippen LogP contribution in [0.3, 0.4) is 0 Å². The van der Waals surface area contributed by atoms with Crippen LogP contribution in [0, 0.1) is 0 Å². The Bertz CT molecular complexity index is 624. The molecule has 0 aromatic carbocycles. The van der Waals surface area contributed by atoms with Crippen molar-refractivity contribution in [2.24, 2.45) is 0 Å². The van der Waals surface area contributed by atoms with Crippen LogP contribution in [0.5, 0.6) is 0 Å². The zero-order valence-electron chi connectivity index (χ0n) is 9.20. The molecule has 7 nitrogen and oxygen atoms in total. The third-order valence-corrected chi connectivity index (χ3v) is 2.10. The molecular weight excluding hydrogens is 244 g/mol. The number of halogens is 1. The SMILES string of the molecule is CC(C)=Cn1nnn(-c2ncncc2Cl)c1=O. The van der Waals surface area contributed by atoms with Gasteiger partial charge in [-0.15, -0.1) is 4.68 Å². The van der Waals surface area contributed by atoms with Gasteiger partial charge in [0, 0.05) is 6.20 Å². The van der Waals surface area contributed by atoms with E-state index < -0.39 is 5.69 Å². The fourth-order valence-corrected chi connectivity index (χ4v) is 1.36. The Labute approximate surface area is 101 Å². The van der Waals surface area contributed by atoms with E-state index >= 15 is 0 Å². The lowest BCUT2D eigenvalue weighted by Crippen LogP contribution is -2.22. The number of rotatable bonds is 2. The lowest BCUT2D eigenvalue weighted by Gasteiger charge is -1.97. The molecule has 2 rings (SSSR count). The molecule has 8 heteroatoms. The van der Waals surface area contributed by atoms with Gasteiger partial charge in [0.25, 0.3) is 0 Å². The van der Waals surface area contributed by atoms with E-state index in [0.717, 1.165) is 14.9 Å². The van der Waals surface area contributed by atoms with E-state index in [1.54, 1.807) is 6.20 Å². The maximum Gasteiger partial charge on any atom is 0.374 e. The summed E-state index contributed by atoms with van der Waals surface area (Å²) in [5.74, 6) is 0.208. The fourth-order valence-electron chi connectivity index (χ4n) is 1.18. The molecule has 0 saturated carbocycles. The summed E-state index contributed by atoms with van der Waals surface area (Å²) >= 11 is 5.87. The molecule has 0 aliphatic rings. The van der Waals surface area contributed by atoms with Crippen molar-refractivity contribution in [3.8, 4) is 5.82 Å². The van der Waals surface area contributed by atoms with Gasteiger partial charge >= 0.3 is 5.69 Å². The van der Waals surface area contributed by atoms with Gasteiger partial charge in [-0.1, -0.05) is 17.2 Å². The molecule has 0 fully saturated rings. The Balaban J connectivity index is 2.56. The highest BCUT2D eigenvalue weighted by atomic mass is 35.5. The second kappa shape index (κ2) is 4.46. The maximum absolute atomic E-state index is 11.9. The topological polar surface area (TPSA) is 78.5 Å². The maximum atomic E-state index is 11.9. The van der Waals surface area contributed by atoms with Crippen molar-refractivity contribution < 1.29 is 0 Å². The number of nitrogens with zero attached hydrogens (tertiary/aromatic N) is 6. The first-order valence-electron chi connectivity index (χ1n) is 4.75. The van der Waals surface area contributed by atoms with Crippen molar-refractivity contribution in [1.82, 2.24) is 29.8 Å². The largest absolute Gasteiger partial charge is 0.374 e. The molecule has 0 amide bonds. The lowest BCUT2D eigenvalue weighted by molar-refractivity contribution is 0.750. The van der Waals surface area contributed by atoms with Crippen molar-refractivity contribution in [1.29, 1.82) is 0 Å². The van der Waals surface area contributed by atoms with Crippen LogP contribution in [0.4, 0.5) is 0 Å². The zero-order chi connectivity index (χ0) is 12.4. The summed E-state index contributed by atoms with van der Waals surface area (Å²) in [5.41, 5.74) is 0.486. The summed E-state index contributed by atoms with van der Waals surface area (Å²) in [4.78, 5) is 19.5. The molecule has 0 aliphatic carbocycles. The van der Waals surface area contributed by atoms with E-state index in [-0.39, 0.29) is 10.8 Å². The Morgan fingerprint density at radius 2 is 2.18 bits per heavy atom. The van der Waals surface area contributed by atoms with Crippen molar-refractivity contribution in [3.05, 3.63) is 33.6 Å². The third-order valence-electron chi connectivity index (χ3n) is 1.83. The van der Waals surface area contributed by atoms with E-state index in [4.69, 9.17) is 11.6 Å². The van der Waals surface area contributed by atoms with Crippen molar-refractivity contribution in [2.45, 2.75) is 13.8 Å². The third kappa shape index (κ3) is 2.23. The molecule has 2 aromatic rings. The molecular formula is C9H9ClN6O. The van der Waals surface area contributed by atoms with Gasteiger partial charge in [0.2, 0.25) is 0 Å². The van der Waals surface area contributed by atoms with E-state index in [1.807, 2.05) is 13.8 Å². The number of hydrogen-bond donors (Lipinski definition) is 0. The first-order valence-corrected chi connectivity index (χ1v) is 5.13. The van der Waals surface area contributed by atoms with Gasteiger partial charge in [-0.3, -0.25) is 0 Å². The summed E-state index contributed by atoms with van der Waals surface area (Å²) < 4.78 is 2.14. The zero-order valence-corrected chi connectivity index (χ0v) is 9.96. The monoisotopic (exact) mass is 252 g/mol. The van der Waals surface area contributed by atoms with Crippen molar-refractivity contribution >= 4 is 17.8 Å². The predicted octanol–water partition coefficient (Wildman–Crippen LogP) is 0.753. The van der Waals surface area contributed by atoms with E-state index in [9.17, 15) is 4.79 Å². The second-order valence-corrected chi connectivity index (χ2v) is 3.93. The van der Waals surface area contributed by atoms with Crippen LogP contribution in [-0.2, 0) is 0 Å². The Morgan fingerprint density at radius 1 is 1.41 bits per heavy atom. The van der Waals surface area contributed by atoms with E-state index in [0.29, 0.717) is 0 Å². The van der Waals surface area contributed by atoms with Crippen molar-refractivity contribution in [2.75, 3.05) is 0 Å². The summed E-state index contributed by atoms with van der Waals surface area (Å²) in [5, 5.41) is 7.63. The van der Waals surface area contributed by atoms with Crippen LogP contribution in [0.25, 0.3) is 12.0 Å². The highest BCUT2D eigenvalue weighted by molar-refractivity contribution is 6.31. The normalized spacial score (nSPS) is 10.3. The Hall–Kier alpha value is -2.02. The molecule has 2 heterocycles. The highest BCUT2D eigenvalue weighted by Gasteiger charge is 2.11. The smallest absolute Gasteiger partial charge is 0.243 e. The van der Waals surface area contributed by atoms with Crippen LogP contribution < -0.4 is 5.69 Å². The fraction of sp³-hybridized carbons (Fsp3) is 0.222. The average Bonchev–Trinajstić information content (AvgIpc) is 2.61. The van der Waals surface area contributed by atoms with Crippen LogP contribution >= 0.6 is 11.6 Å².